The average molecular weight is 190 g/mol. The molecule has 0 unspecified atom stereocenters. The SMILES string of the molecule is C#CCO.C#CCOS(C)(=O)=O. The first kappa shape index (κ1) is 13.6. The summed E-state index contributed by atoms with van der Waals surface area (Å²) in [5.41, 5.74) is 0. The average Bonchev–Trinajstić information content (AvgIpc) is 2.00. The van der Waals surface area contributed by atoms with E-state index in [1.165, 1.54) is 0 Å². The molecule has 0 aliphatic carbocycles. The molecule has 0 heterocycles. The molecule has 0 rings (SSSR count). The Morgan fingerprint density at radius 1 is 1.42 bits per heavy atom. The quantitative estimate of drug-likeness (QED) is 0.458. The topological polar surface area (TPSA) is 63.6 Å². The number of aliphatic hydroxyl groups excluding tert-OH is 1. The summed E-state index contributed by atoms with van der Waals surface area (Å²) < 4.78 is 24.3. The lowest BCUT2D eigenvalue weighted by Gasteiger charge is -1.90. The second kappa shape index (κ2) is 8.09. The van der Waals surface area contributed by atoms with Crippen LogP contribution in [0.15, 0.2) is 0 Å². The maximum absolute atomic E-state index is 10.1. The largest absolute Gasteiger partial charge is 0.384 e. The molecule has 0 saturated carbocycles. The van der Waals surface area contributed by atoms with Gasteiger partial charge in [-0.25, -0.2) is 0 Å². The van der Waals surface area contributed by atoms with Crippen LogP contribution in [0.2, 0.25) is 0 Å². The van der Waals surface area contributed by atoms with E-state index in [0.29, 0.717) is 0 Å². The summed E-state index contributed by atoms with van der Waals surface area (Å²) in [6, 6.07) is 0. The molecule has 12 heavy (non-hydrogen) atoms. The van der Waals surface area contributed by atoms with Crippen LogP contribution in [0.25, 0.3) is 0 Å². The molecule has 0 amide bonds. The number of rotatable bonds is 2. The van der Waals surface area contributed by atoms with Gasteiger partial charge in [0.15, 0.2) is 0 Å². The van der Waals surface area contributed by atoms with Gasteiger partial charge >= 0.3 is 0 Å². The second-order valence-corrected chi connectivity index (χ2v) is 3.18. The second-order valence-electron chi connectivity index (χ2n) is 1.53. The molecule has 0 aromatic rings. The minimum absolute atomic E-state index is 0.153. The summed E-state index contributed by atoms with van der Waals surface area (Å²) in [7, 11) is -3.33. The molecule has 0 radical (unpaired) electrons. The first-order valence-electron chi connectivity index (χ1n) is 2.80. The van der Waals surface area contributed by atoms with E-state index in [1.54, 1.807) is 0 Å². The van der Waals surface area contributed by atoms with Gasteiger partial charge in [-0.1, -0.05) is 11.8 Å². The van der Waals surface area contributed by atoms with Gasteiger partial charge in [0.25, 0.3) is 10.1 Å². The van der Waals surface area contributed by atoms with Crippen molar-refractivity contribution < 1.29 is 17.7 Å². The Balaban J connectivity index is 0. The van der Waals surface area contributed by atoms with Crippen molar-refractivity contribution in [3.8, 4) is 24.7 Å². The highest BCUT2D eigenvalue weighted by Crippen LogP contribution is 1.82. The Morgan fingerprint density at radius 2 is 1.83 bits per heavy atom. The van der Waals surface area contributed by atoms with E-state index in [9.17, 15) is 8.42 Å². The Kier molecular flexibility index (Phi) is 9.15. The van der Waals surface area contributed by atoms with E-state index in [0.717, 1.165) is 6.26 Å². The van der Waals surface area contributed by atoms with Crippen molar-refractivity contribution in [1.29, 1.82) is 0 Å². The fourth-order valence-corrected chi connectivity index (χ4v) is 0.423. The fourth-order valence-electron chi connectivity index (χ4n) is 0.141. The molecule has 0 atom stereocenters. The summed E-state index contributed by atoms with van der Waals surface area (Å²) in [4.78, 5) is 0. The maximum atomic E-state index is 10.1. The molecule has 4 nitrogen and oxygen atoms in total. The third-order valence-electron chi connectivity index (χ3n) is 0.448. The normalized spacial score (nSPS) is 8.67. The molecule has 1 N–H and O–H groups in total. The van der Waals surface area contributed by atoms with E-state index in [-0.39, 0.29) is 13.2 Å². The van der Waals surface area contributed by atoms with Gasteiger partial charge in [0.1, 0.15) is 13.2 Å². The van der Waals surface area contributed by atoms with Gasteiger partial charge in [0.05, 0.1) is 6.26 Å². The van der Waals surface area contributed by atoms with Gasteiger partial charge in [-0.05, 0) is 0 Å². The highest BCUT2D eigenvalue weighted by atomic mass is 32.2. The van der Waals surface area contributed by atoms with Crippen LogP contribution in [0.1, 0.15) is 0 Å². The number of terminal acetylenes is 2. The lowest BCUT2D eigenvalue weighted by molar-refractivity contribution is 0.351. The zero-order valence-electron chi connectivity index (χ0n) is 6.65. The molecule has 0 aliphatic heterocycles. The highest BCUT2D eigenvalue weighted by Gasteiger charge is 1.96. The summed E-state index contributed by atoms with van der Waals surface area (Å²) in [5.74, 6) is 4.01. The van der Waals surface area contributed by atoms with Crippen LogP contribution < -0.4 is 0 Å². The van der Waals surface area contributed by atoms with E-state index in [1.807, 2.05) is 11.8 Å². The smallest absolute Gasteiger partial charge is 0.265 e. The van der Waals surface area contributed by atoms with Crippen molar-refractivity contribution in [3.05, 3.63) is 0 Å². The lowest BCUT2D eigenvalue weighted by atomic mass is 10.8. The molecular weight excluding hydrogens is 180 g/mol. The third kappa shape index (κ3) is 23.0. The highest BCUT2D eigenvalue weighted by molar-refractivity contribution is 7.85. The Labute approximate surface area is 72.7 Å². The van der Waals surface area contributed by atoms with E-state index >= 15 is 0 Å². The minimum Gasteiger partial charge on any atom is -0.384 e. The Hall–Kier alpha value is -1.01. The molecule has 0 aromatic heterocycles. The van der Waals surface area contributed by atoms with Gasteiger partial charge in [-0.3, -0.25) is 4.18 Å². The van der Waals surface area contributed by atoms with E-state index in [4.69, 9.17) is 11.5 Å². The van der Waals surface area contributed by atoms with Crippen molar-refractivity contribution in [2.75, 3.05) is 19.5 Å². The molecular formula is C7H10O4S. The van der Waals surface area contributed by atoms with Crippen LogP contribution in [-0.2, 0) is 14.3 Å². The molecule has 0 saturated heterocycles. The predicted molar refractivity (Wildman–Crippen MR) is 45.5 cm³/mol. The molecule has 5 heteroatoms. The number of aliphatic hydroxyl groups is 1. The van der Waals surface area contributed by atoms with E-state index < -0.39 is 10.1 Å². The standard InChI is InChI=1S/C4H6O3S.C3H4O/c1-3-4-7-8(2,5)6;1-2-3-4/h1H,4H2,2H3;1,4H,3H2. The Morgan fingerprint density at radius 3 is 1.92 bits per heavy atom. The van der Waals surface area contributed by atoms with Crippen LogP contribution in [-0.4, -0.2) is 33.0 Å². The molecule has 0 spiro atoms. The van der Waals surface area contributed by atoms with E-state index in [2.05, 4.69) is 10.6 Å². The van der Waals surface area contributed by atoms with Crippen molar-refractivity contribution in [2.45, 2.75) is 0 Å². The van der Waals surface area contributed by atoms with Crippen molar-refractivity contribution in [3.63, 3.8) is 0 Å². The van der Waals surface area contributed by atoms with Gasteiger partial charge in [-0.2, -0.15) is 8.42 Å². The number of hydrogen-bond donors (Lipinski definition) is 1. The Bertz CT molecular complexity index is 265. The summed E-state index contributed by atoms with van der Waals surface area (Å²) >= 11 is 0. The molecule has 0 fully saturated rings. The number of hydrogen-bond acceptors (Lipinski definition) is 4. The zero-order chi connectivity index (χ0) is 10.0. The van der Waals surface area contributed by atoms with Crippen LogP contribution in [0.3, 0.4) is 0 Å². The van der Waals surface area contributed by atoms with Crippen LogP contribution in [0.5, 0.6) is 0 Å². The van der Waals surface area contributed by atoms with Crippen molar-refractivity contribution in [1.82, 2.24) is 0 Å². The summed E-state index contributed by atoms with van der Waals surface area (Å²) in [6.07, 6.45) is 10.2. The molecule has 0 aliphatic rings. The maximum Gasteiger partial charge on any atom is 0.265 e. The van der Waals surface area contributed by atoms with Gasteiger partial charge in [-0.15, -0.1) is 12.8 Å². The third-order valence-corrected chi connectivity index (χ3v) is 0.994. The molecule has 0 bridgehead atoms. The predicted octanol–water partition coefficient (Wildman–Crippen LogP) is -0.792. The first-order valence-corrected chi connectivity index (χ1v) is 4.61. The fraction of sp³-hybridized carbons (Fsp3) is 0.429. The van der Waals surface area contributed by atoms with Gasteiger partial charge < -0.3 is 5.11 Å². The molecule has 68 valence electrons. The van der Waals surface area contributed by atoms with Crippen molar-refractivity contribution in [2.24, 2.45) is 0 Å². The monoisotopic (exact) mass is 190 g/mol. The molecule has 0 aromatic carbocycles. The van der Waals surface area contributed by atoms with Gasteiger partial charge in [0.2, 0.25) is 0 Å². The first-order chi connectivity index (χ1) is 5.47. The zero-order valence-corrected chi connectivity index (χ0v) is 7.47. The van der Waals surface area contributed by atoms with Crippen LogP contribution >= 0.6 is 0 Å². The van der Waals surface area contributed by atoms with Crippen LogP contribution in [0.4, 0.5) is 0 Å². The van der Waals surface area contributed by atoms with Crippen molar-refractivity contribution >= 4 is 10.1 Å². The minimum atomic E-state index is -3.33. The van der Waals surface area contributed by atoms with Gasteiger partial charge in [0, 0.05) is 0 Å². The van der Waals surface area contributed by atoms with Crippen LogP contribution in [0, 0.1) is 24.7 Å². The summed E-state index contributed by atoms with van der Waals surface area (Å²) in [5, 5.41) is 7.64. The summed E-state index contributed by atoms with van der Waals surface area (Å²) in [6.45, 7) is -0.334. The lowest BCUT2D eigenvalue weighted by Crippen LogP contribution is -2.01.